The molecule has 1 aromatic carbocycles. The van der Waals surface area contributed by atoms with Crippen LogP contribution >= 0.6 is 11.6 Å². The quantitative estimate of drug-likeness (QED) is 0.565. The zero-order valence-corrected chi connectivity index (χ0v) is 14.0. The molecule has 0 aliphatic carbocycles. The summed E-state index contributed by atoms with van der Waals surface area (Å²) in [5.41, 5.74) is -0.0858. The van der Waals surface area contributed by atoms with Crippen LogP contribution in [0.15, 0.2) is 24.3 Å². The number of carbonyl (C=O) groups is 2. The summed E-state index contributed by atoms with van der Waals surface area (Å²) < 4.78 is 4.86. The van der Waals surface area contributed by atoms with E-state index in [-0.39, 0.29) is 11.8 Å². The number of ether oxygens (including phenoxy) is 1. The van der Waals surface area contributed by atoms with E-state index in [2.05, 4.69) is 10.6 Å². The van der Waals surface area contributed by atoms with E-state index in [9.17, 15) is 9.59 Å². The van der Waals surface area contributed by atoms with Gasteiger partial charge in [-0.3, -0.25) is 9.59 Å². The molecule has 2 amide bonds. The molecule has 22 heavy (non-hydrogen) atoms. The Balaban J connectivity index is 2.44. The number of hydrogen-bond donors (Lipinski definition) is 2. The summed E-state index contributed by atoms with van der Waals surface area (Å²) in [5.74, 6) is -0.616. The van der Waals surface area contributed by atoms with E-state index in [0.717, 1.165) is 5.56 Å². The maximum atomic E-state index is 12.2. The molecule has 1 rings (SSSR count). The third kappa shape index (κ3) is 5.66. The van der Waals surface area contributed by atoms with E-state index < -0.39 is 5.41 Å². The summed E-state index contributed by atoms with van der Waals surface area (Å²) in [7, 11) is 1.56. The normalized spacial score (nSPS) is 11.1. The molecule has 0 aliphatic heterocycles. The highest BCUT2D eigenvalue weighted by molar-refractivity contribution is 6.30. The van der Waals surface area contributed by atoms with Crippen LogP contribution in [0.25, 0.3) is 0 Å². The van der Waals surface area contributed by atoms with Crippen LogP contribution in [0.1, 0.15) is 19.4 Å². The topological polar surface area (TPSA) is 67.4 Å². The second-order valence-electron chi connectivity index (χ2n) is 5.51. The number of carbonyl (C=O) groups excluding carboxylic acids is 2. The molecule has 0 saturated carbocycles. The van der Waals surface area contributed by atoms with Gasteiger partial charge < -0.3 is 15.4 Å². The summed E-state index contributed by atoms with van der Waals surface area (Å²) in [4.78, 5) is 24.2. The van der Waals surface area contributed by atoms with Crippen LogP contribution in [-0.2, 0) is 20.7 Å². The molecule has 2 N–H and O–H groups in total. The van der Waals surface area contributed by atoms with Crippen molar-refractivity contribution in [2.24, 2.45) is 5.41 Å². The van der Waals surface area contributed by atoms with Crippen molar-refractivity contribution in [1.29, 1.82) is 0 Å². The van der Waals surface area contributed by atoms with Gasteiger partial charge in [-0.05, 0) is 38.0 Å². The molecule has 1 aromatic rings. The maximum absolute atomic E-state index is 12.2. The lowest BCUT2D eigenvalue weighted by molar-refractivity contribution is -0.141. The van der Waals surface area contributed by atoms with Crippen LogP contribution < -0.4 is 10.6 Å². The van der Waals surface area contributed by atoms with Crippen molar-refractivity contribution in [2.75, 3.05) is 26.8 Å². The standard InChI is InChI=1S/C16H23ClN2O3/c1-16(2,15(21)19-9-10-22-3)14(20)18-8-7-12-5-4-6-13(17)11-12/h4-6,11H,7-10H2,1-3H3,(H,18,20)(H,19,21). The van der Waals surface area contributed by atoms with Gasteiger partial charge >= 0.3 is 0 Å². The summed E-state index contributed by atoms with van der Waals surface area (Å²) in [6, 6.07) is 7.47. The number of hydrogen-bond acceptors (Lipinski definition) is 3. The molecule has 122 valence electrons. The van der Waals surface area contributed by atoms with E-state index in [4.69, 9.17) is 16.3 Å². The van der Waals surface area contributed by atoms with Crippen molar-refractivity contribution in [2.45, 2.75) is 20.3 Å². The number of methoxy groups -OCH3 is 1. The summed E-state index contributed by atoms with van der Waals surface area (Å²) in [5, 5.41) is 6.13. The lowest BCUT2D eigenvalue weighted by Gasteiger charge is -2.22. The highest BCUT2D eigenvalue weighted by Crippen LogP contribution is 2.15. The van der Waals surface area contributed by atoms with Gasteiger partial charge in [-0.25, -0.2) is 0 Å². The van der Waals surface area contributed by atoms with Crippen LogP contribution in [-0.4, -0.2) is 38.6 Å². The molecule has 0 bridgehead atoms. The minimum atomic E-state index is -1.12. The molecule has 0 saturated heterocycles. The van der Waals surface area contributed by atoms with Gasteiger partial charge in [-0.2, -0.15) is 0 Å². The van der Waals surface area contributed by atoms with Crippen molar-refractivity contribution in [1.82, 2.24) is 10.6 Å². The number of benzene rings is 1. The number of rotatable bonds is 8. The average molecular weight is 327 g/mol. The molecule has 0 spiro atoms. The van der Waals surface area contributed by atoms with Gasteiger partial charge in [-0.1, -0.05) is 23.7 Å². The molecule has 0 aliphatic rings. The lowest BCUT2D eigenvalue weighted by Crippen LogP contribution is -2.48. The van der Waals surface area contributed by atoms with Gasteiger partial charge in [-0.15, -0.1) is 0 Å². The predicted octanol–water partition coefficient (Wildman–Crippen LogP) is 1.79. The smallest absolute Gasteiger partial charge is 0.235 e. The molecule has 6 heteroatoms. The Morgan fingerprint density at radius 2 is 1.82 bits per heavy atom. The maximum Gasteiger partial charge on any atom is 0.235 e. The van der Waals surface area contributed by atoms with Gasteiger partial charge in [0.15, 0.2) is 0 Å². The largest absolute Gasteiger partial charge is 0.383 e. The molecule has 5 nitrogen and oxygen atoms in total. The van der Waals surface area contributed by atoms with Crippen LogP contribution in [0.2, 0.25) is 5.02 Å². The highest BCUT2D eigenvalue weighted by atomic mass is 35.5. The third-order valence-electron chi connectivity index (χ3n) is 3.32. The highest BCUT2D eigenvalue weighted by Gasteiger charge is 2.35. The van der Waals surface area contributed by atoms with Crippen LogP contribution in [0.3, 0.4) is 0 Å². The van der Waals surface area contributed by atoms with E-state index in [0.29, 0.717) is 31.1 Å². The fourth-order valence-corrected chi connectivity index (χ4v) is 2.04. The zero-order valence-electron chi connectivity index (χ0n) is 13.2. The third-order valence-corrected chi connectivity index (χ3v) is 3.55. The van der Waals surface area contributed by atoms with E-state index in [1.165, 1.54) is 0 Å². The van der Waals surface area contributed by atoms with Gasteiger partial charge in [0.2, 0.25) is 11.8 Å². The molecule has 0 atom stereocenters. The van der Waals surface area contributed by atoms with E-state index >= 15 is 0 Å². The molecule has 0 unspecified atom stereocenters. The van der Waals surface area contributed by atoms with Crippen molar-refractivity contribution in [3.63, 3.8) is 0 Å². The second-order valence-corrected chi connectivity index (χ2v) is 5.95. The Labute approximate surface area is 136 Å². The fourth-order valence-electron chi connectivity index (χ4n) is 1.82. The molecular weight excluding hydrogens is 304 g/mol. The Morgan fingerprint density at radius 1 is 1.18 bits per heavy atom. The van der Waals surface area contributed by atoms with Crippen molar-refractivity contribution >= 4 is 23.4 Å². The first-order valence-electron chi connectivity index (χ1n) is 7.18. The van der Waals surface area contributed by atoms with Crippen LogP contribution in [0.4, 0.5) is 0 Å². The Morgan fingerprint density at radius 3 is 2.41 bits per heavy atom. The lowest BCUT2D eigenvalue weighted by atomic mass is 9.91. The van der Waals surface area contributed by atoms with E-state index in [1.54, 1.807) is 27.0 Å². The first-order chi connectivity index (χ1) is 10.4. The zero-order chi connectivity index (χ0) is 16.6. The predicted molar refractivity (Wildman–Crippen MR) is 86.8 cm³/mol. The summed E-state index contributed by atoms with van der Waals surface area (Å²) in [6.45, 7) is 4.45. The van der Waals surface area contributed by atoms with Crippen molar-refractivity contribution < 1.29 is 14.3 Å². The van der Waals surface area contributed by atoms with Gasteiger partial charge in [0, 0.05) is 25.2 Å². The van der Waals surface area contributed by atoms with Crippen molar-refractivity contribution in [3.8, 4) is 0 Å². The van der Waals surface area contributed by atoms with Crippen LogP contribution in [0, 0.1) is 5.41 Å². The monoisotopic (exact) mass is 326 g/mol. The number of amides is 2. The summed E-state index contributed by atoms with van der Waals surface area (Å²) >= 11 is 5.91. The number of halogens is 1. The van der Waals surface area contributed by atoms with Crippen LogP contribution in [0.5, 0.6) is 0 Å². The van der Waals surface area contributed by atoms with Gasteiger partial charge in [0.25, 0.3) is 0 Å². The first-order valence-corrected chi connectivity index (χ1v) is 7.55. The minimum Gasteiger partial charge on any atom is -0.383 e. The summed E-state index contributed by atoms with van der Waals surface area (Å²) in [6.07, 6.45) is 0.660. The van der Waals surface area contributed by atoms with Crippen molar-refractivity contribution in [3.05, 3.63) is 34.9 Å². The van der Waals surface area contributed by atoms with Gasteiger partial charge in [0.05, 0.1) is 6.61 Å². The minimum absolute atomic E-state index is 0.301. The van der Waals surface area contributed by atoms with E-state index in [1.807, 2.05) is 18.2 Å². The molecule has 0 aromatic heterocycles. The molecular formula is C16H23ClN2O3. The SMILES string of the molecule is COCCNC(=O)C(C)(C)C(=O)NCCc1cccc(Cl)c1. The Kier molecular flexibility index (Phi) is 7.35. The molecule has 0 fully saturated rings. The average Bonchev–Trinajstić information content (AvgIpc) is 2.47. The molecule has 0 heterocycles. The first kappa shape index (κ1) is 18.5. The Bertz CT molecular complexity index is 518. The molecule has 0 radical (unpaired) electrons. The van der Waals surface area contributed by atoms with Gasteiger partial charge in [0.1, 0.15) is 5.41 Å². The number of nitrogens with one attached hydrogen (secondary N) is 2. The fraction of sp³-hybridized carbons (Fsp3) is 0.500. The Hall–Kier alpha value is -1.59. The second kappa shape index (κ2) is 8.76.